The van der Waals surface area contributed by atoms with Crippen molar-refractivity contribution >= 4 is 20.9 Å². The Labute approximate surface area is 174 Å². The van der Waals surface area contributed by atoms with Gasteiger partial charge in [0, 0.05) is 40.5 Å². The van der Waals surface area contributed by atoms with Crippen molar-refractivity contribution in [2.24, 2.45) is 11.8 Å². The van der Waals surface area contributed by atoms with E-state index in [2.05, 4.69) is 40.3 Å². The Hall–Kier alpha value is -1.62. The minimum atomic E-state index is -2.61. The van der Waals surface area contributed by atoms with E-state index >= 15 is 0 Å². The molecule has 0 spiro atoms. The van der Waals surface area contributed by atoms with E-state index in [9.17, 15) is 9.59 Å². The minimum absolute atomic E-state index is 0.0899. The monoisotopic (exact) mass is 428 g/mol. The molecule has 0 aromatic rings. The Morgan fingerprint density at radius 1 is 0.897 bits per heavy atom. The Balaban J connectivity index is 1.77. The lowest BCUT2D eigenvalue weighted by molar-refractivity contribution is 0.123. The fraction of sp³-hybridized carbons (Fsp3) is 0.789. The van der Waals surface area contributed by atoms with Gasteiger partial charge in [-0.25, -0.2) is 9.59 Å². The van der Waals surface area contributed by atoms with Crippen molar-refractivity contribution < 1.29 is 22.9 Å². The zero-order valence-electron chi connectivity index (χ0n) is 18.0. The van der Waals surface area contributed by atoms with Crippen LogP contribution in [0.15, 0.2) is 12.2 Å². The molecule has 0 aromatic carbocycles. The standard InChI is InChI=1S/C19H36N4O5Si/c1-5-6-10-20-18(24)22-16-14-8-9-15(13-14)17(16)23-19(25)21-11-7-12-29(26-2,27-3)28-4/h8-9,14-17H,5-7,10-13H2,1-4H3,(H2,20,22,24)(H2,21,23,25). The maximum Gasteiger partial charge on any atom is 0.500 e. The van der Waals surface area contributed by atoms with Crippen molar-refractivity contribution in [2.45, 2.75) is 50.7 Å². The highest BCUT2D eigenvalue weighted by Gasteiger charge is 2.46. The van der Waals surface area contributed by atoms with Gasteiger partial charge < -0.3 is 34.5 Å². The molecule has 2 aliphatic carbocycles. The molecule has 9 nitrogen and oxygen atoms in total. The molecular formula is C19H36N4O5Si. The predicted molar refractivity (Wildman–Crippen MR) is 112 cm³/mol. The van der Waals surface area contributed by atoms with Crippen LogP contribution in [-0.4, -0.2) is 67.4 Å². The topological polar surface area (TPSA) is 110 Å². The molecule has 2 rings (SSSR count). The van der Waals surface area contributed by atoms with Gasteiger partial charge in [-0.2, -0.15) is 0 Å². The molecule has 4 amide bonds. The van der Waals surface area contributed by atoms with E-state index < -0.39 is 8.80 Å². The van der Waals surface area contributed by atoms with Crippen LogP contribution in [0.5, 0.6) is 0 Å². The van der Waals surface area contributed by atoms with Crippen LogP contribution in [0.25, 0.3) is 0 Å². The summed E-state index contributed by atoms with van der Waals surface area (Å²) < 4.78 is 16.1. The van der Waals surface area contributed by atoms with Gasteiger partial charge in [0.1, 0.15) is 0 Å². The number of amides is 4. The lowest BCUT2D eigenvalue weighted by atomic mass is 9.96. The molecule has 0 saturated heterocycles. The smallest absolute Gasteiger partial charge is 0.377 e. The number of carbonyl (C=O) groups is 2. The summed E-state index contributed by atoms with van der Waals surface area (Å²) in [5, 5.41) is 11.9. The molecule has 1 fully saturated rings. The van der Waals surface area contributed by atoms with Crippen LogP contribution in [0.3, 0.4) is 0 Å². The van der Waals surface area contributed by atoms with Crippen molar-refractivity contribution in [2.75, 3.05) is 34.4 Å². The minimum Gasteiger partial charge on any atom is -0.377 e. The largest absolute Gasteiger partial charge is 0.500 e. The van der Waals surface area contributed by atoms with Crippen LogP contribution in [0.4, 0.5) is 9.59 Å². The molecule has 0 radical (unpaired) electrons. The number of nitrogens with one attached hydrogen (secondary N) is 4. The van der Waals surface area contributed by atoms with E-state index in [0.29, 0.717) is 25.6 Å². The molecule has 1 saturated carbocycles. The van der Waals surface area contributed by atoms with Gasteiger partial charge in [-0.15, -0.1) is 0 Å². The lowest BCUT2D eigenvalue weighted by Gasteiger charge is -2.30. The number of hydrogen-bond donors (Lipinski definition) is 4. The molecule has 2 aliphatic rings. The SMILES string of the molecule is CCCCNC(=O)NC1C2C=CC(C2)C1NC(=O)NCCC[Si](OC)(OC)OC. The maximum atomic E-state index is 12.4. The number of carbonyl (C=O) groups excluding carboxylic acids is 2. The van der Waals surface area contributed by atoms with Gasteiger partial charge in [0.05, 0.1) is 12.1 Å². The first-order chi connectivity index (χ1) is 14.0. The molecule has 10 heteroatoms. The van der Waals surface area contributed by atoms with Crippen LogP contribution in [0.1, 0.15) is 32.6 Å². The molecule has 2 bridgehead atoms. The van der Waals surface area contributed by atoms with Crippen molar-refractivity contribution in [3.8, 4) is 0 Å². The van der Waals surface area contributed by atoms with Crippen molar-refractivity contribution in [3.63, 3.8) is 0 Å². The average Bonchev–Trinajstić information content (AvgIpc) is 3.32. The van der Waals surface area contributed by atoms with Crippen molar-refractivity contribution in [3.05, 3.63) is 12.2 Å². The maximum absolute atomic E-state index is 12.4. The van der Waals surface area contributed by atoms with E-state index in [4.69, 9.17) is 13.3 Å². The number of rotatable bonds is 12. The molecule has 4 unspecified atom stereocenters. The van der Waals surface area contributed by atoms with Crippen molar-refractivity contribution in [1.29, 1.82) is 0 Å². The molecule has 0 heterocycles. The normalized spacial score (nSPS) is 25.1. The van der Waals surface area contributed by atoms with Gasteiger partial charge in [-0.1, -0.05) is 25.5 Å². The molecule has 29 heavy (non-hydrogen) atoms. The van der Waals surface area contributed by atoms with E-state index in [1.807, 2.05) is 0 Å². The second-order valence-corrected chi connectivity index (χ2v) is 10.6. The highest BCUT2D eigenvalue weighted by Crippen LogP contribution is 2.39. The Morgan fingerprint density at radius 2 is 1.38 bits per heavy atom. The lowest BCUT2D eigenvalue weighted by Crippen LogP contribution is -2.57. The van der Waals surface area contributed by atoms with E-state index in [1.165, 1.54) is 0 Å². The summed E-state index contributed by atoms with van der Waals surface area (Å²) in [6, 6.07) is 0.0286. The number of unbranched alkanes of at least 4 members (excludes halogenated alkanes) is 1. The van der Waals surface area contributed by atoms with Crippen LogP contribution in [-0.2, 0) is 13.3 Å². The molecule has 4 N–H and O–H groups in total. The third kappa shape index (κ3) is 6.43. The number of fused-ring (bicyclic) bond motifs is 2. The van der Waals surface area contributed by atoms with E-state index in [1.54, 1.807) is 21.3 Å². The second-order valence-electron chi connectivity index (χ2n) is 7.55. The van der Waals surface area contributed by atoms with Gasteiger partial charge in [-0.05, 0) is 31.1 Å². The van der Waals surface area contributed by atoms with Gasteiger partial charge in [0.2, 0.25) is 0 Å². The summed E-state index contributed by atoms with van der Waals surface area (Å²) in [6.45, 7) is 3.23. The molecule has 0 aromatic heterocycles. The Bertz CT molecular complexity index is 565. The fourth-order valence-electron chi connectivity index (χ4n) is 4.06. The molecule has 4 atom stereocenters. The zero-order valence-corrected chi connectivity index (χ0v) is 19.0. The third-order valence-electron chi connectivity index (χ3n) is 5.75. The van der Waals surface area contributed by atoms with Crippen LogP contribution >= 0.6 is 0 Å². The summed E-state index contributed by atoms with van der Waals surface area (Å²) in [7, 11) is 2.12. The van der Waals surface area contributed by atoms with E-state index in [-0.39, 0.29) is 36.0 Å². The second kappa shape index (κ2) is 11.5. The van der Waals surface area contributed by atoms with Crippen LogP contribution in [0.2, 0.25) is 6.04 Å². The third-order valence-corrected chi connectivity index (χ3v) is 8.58. The molecular weight excluding hydrogens is 392 g/mol. The van der Waals surface area contributed by atoms with Crippen LogP contribution in [0, 0.1) is 11.8 Å². The average molecular weight is 429 g/mol. The molecule has 166 valence electrons. The Kier molecular flexibility index (Phi) is 9.41. The quantitative estimate of drug-likeness (QED) is 0.214. The van der Waals surface area contributed by atoms with E-state index in [0.717, 1.165) is 19.3 Å². The highest BCUT2D eigenvalue weighted by molar-refractivity contribution is 6.60. The summed E-state index contributed by atoms with van der Waals surface area (Å²) >= 11 is 0. The zero-order chi connectivity index (χ0) is 21.3. The van der Waals surface area contributed by atoms with Gasteiger partial charge >= 0.3 is 20.9 Å². The van der Waals surface area contributed by atoms with Crippen LogP contribution < -0.4 is 21.3 Å². The fourth-order valence-corrected chi connectivity index (χ4v) is 5.78. The first-order valence-corrected chi connectivity index (χ1v) is 12.3. The van der Waals surface area contributed by atoms with Gasteiger partial charge in [-0.3, -0.25) is 0 Å². The summed E-state index contributed by atoms with van der Waals surface area (Å²) in [5.41, 5.74) is 0. The first-order valence-electron chi connectivity index (χ1n) is 10.4. The predicted octanol–water partition coefficient (Wildman–Crippen LogP) is 1.60. The van der Waals surface area contributed by atoms with Gasteiger partial charge in [0.25, 0.3) is 0 Å². The number of urea groups is 2. The van der Waals surface area contributed by atoms with Crippen molar-refractivity contribution in [1.82, 2.24) is 21.3 Å². The summed E-state index contributed by atoms with van der Waals surface area (Å²) in [5.74, 6) is 0.515. The highest BCUT2D eigenvalue weighted by atomic mass is 28.4. The Morgan fingerprint density at radius 3 is 1.83 bits per heavy atom. The summed E-state index contributed by atoms with van der Waals surface area (Å²) in [6.07, 6.45) is 7.90. The summed E-state index contributed by atoms with van der Waals surface area (Å²) in [4.78, 5) is 24.6. The first kappa shape index (κ1) is 23.7. The molecule has 0 aliphatic heterocycles. The number of hydrogen-bond acceptors (Lipinski definition) is 5. The van der Waals surface area contributed by atoms with Gasteiger partial charge in [0.15, 0.2) is 0 Å².